The van der Waals surface area contributed by atoms with Crippen LogP contribution in [-0.4, -0.2) is 98.5 Å². The third-order valence-electron chi connectivity index (χ3n) is 4.84. The van der Waals surface area contributed by atoms with Crippen LogP contribution in [-0.2, 0) is 39.8 Å². The van der Waals surface area contributed by atoms with Gasteiger partial charge in [-0.05, 0) is 31.5 Å². The van der Waals surface area contributed by atoms with Gasteiger partial charge in [-0.2, -0.15) is 0 Å². The van der Waals surface area contributed by atoms with Gasteiger partial charge in [0.1, 0.15) is 0 Å². The lowest BCUT2D eigenvalue weighted by Gasteiger charge is -2.22. The maximum atomic E-state index is 5.78. The molecule has 1 heterocycles. The standard InChI is InChI=1S/C24H41NO7/c1-2-4-23(5-3-1)22-31-19-18-29-15-14-27-11-10-26-12-13-28-16-17-30-20-21-32-24-6-8-25-9-7-24/h1-5,24-25H,6-22H2. The van der Waals surface area contributed by atoms with Crippen LogP contribution < -0.4 is 5.32 Å². The number of benzene rings is 1. The van der Waals surface area contributed by atoms with Crippen LogP contribution in [0.5, 0.6) is 0 Å². The van der Waals surface area contributed by atoms with Gasteiger partial charge in [0.05, 0.1) is 92.0 Å². The Morgan fingerprint density at radius 1 is 0.562 bits per heavy atom. The molecular formula is C24H41NO7. The summed E-state index contributed by atoms with van der Waals surface area (Å²) in [6, 6.07) is 10.1. The zero-order valence-corrected chi connectivity index (χ0v) is 19.3. The Bertz CT molecular complexity index is 514. The molecule has 1 saturated heterocycles. The van der Waals surface area contributed by atoms with E-state index in [2.05, 4.69) is 5.32 Å². The van der Waals surface area contributed by atoms with Crippen LogP contribution in [0.1, 0.15) is 18.4 Å². The second-order valence-electron chi connectivity index (χ2n) is 7.42. The van der Waals surface area contributed by atoms with Crippen molar-refractivity contribution in [2.75, 3.05) is 92.4 Å². The molecule has 0 bridgehead atoms. The monoisotopic (exact) mass is 455 g/mol. The number of piperidine rings is 1. The Hall–Kier alpha value is -1.10. The van der Waals surface area contributed by atoms with Crippen molar-refractivity contribution in [3.05, 3.63) is 35.9 Å². The summed E-state index contributed by atoms with van der Waals surface area (Å²) in [5, 5.41) is 3.33. The van der Waals surface area contributed by atoms with Crippen molar-refractivity contribution in [1.29, 1.82) is 0 Å². The van der Waals surface area contributed by atoms with E-state index < -0.39 is 0 Å². The molecule has 2 rings (SSSR count). The molecule has 0 saturated carbocycles. The number of hydrogen-bond donors (Lipinski definition) is 1. The predicted molar refractivity (Wildman–Crippen MR) is 122 cm³/mol. The third-order valence-corrected chi connectivity index (χ3v) is 4.84. The van der Waals surface area contributed by atoms with Gasteiger partial charge in [-0.3, -0.25) is 0 Å². The van der Waals surface area contributed by atoms with Gasteiger partial charge in [0.25, 0.3) is 0 Å². The maximum Gasteiger partial charge on any atom is 0.0718 e. The number of hydrogen-bond acceptors (Lipinski definition) is 8. The largest absolute Gasteiger partial charge is 0.377 e. The summed E-state index contributed by atoms with van der Waals surface area (Å²) in [7, 11) is 0. The van der Waals surface area contributed by atoms with Gasteiger partial charge in [-0.25, -0.2) is 0 Å². The zero-order valence-electron chi connectivity index (χ0n) is 19.3. The summed E-state index contributed by atoms with van der Waals surface area (Å²) in [4.78, 5) is 0. The molecule has 0 aliphatic carbocycles. The molecule has 32 heavy (non-hydrogen) atoms. The van der Waals surface area contributed by atoms with Gasteiger partial charge in [0.15, 0.2) is 0 Å². The number of rotatable bonds is 21. The van der Waals surface area contributed by atoms with Crippen LogP contribution in [0.3, 0.4) is 0 Å². The lowest BCUT2D eigenvalue weighted by atomic mass is 10.1. The highest BCUT2D eigenvalue weighted by Crippen LogP contribution is 2.06. The Kier molecular flexibility index (Phi) is 17.4. The average Bonchev–Trinajstić information content (AvgIpc) is 2.84. The Morgan fingerprint density at radius 3 is 1.50 bits per heavy atom. The van der Waals surface area contributed by atoms with Crippen LogP contribution in [0.15, 0.2) is 30.3 Å². The van der Waals surface area contributed by atoms with E-state index in [1.54, 1.807) is 0 Å². The van der Waals surface area contributed by atoms with Crippen molar-refractivity contribution >= 4 is 0 Å². The summed E-state index contributed by atoms with van der Waals surface area (Å²) in [6.07, 6.45) is 2.56. The van der Waals surface area contributed by atoms with E-state index in [1.165, 1.54) is 5.56 Å². The van der Waals surface area contributed by atoms with E-state index in [-0.39, 0.29) is 0 Å². The van der Waals surface area contributed by atoms with E-state index in [9.17, 15) is 0 Å². The van der Waals surface area contributed by atoms with Gasteiger partial charge in [0, 0.05) is 0 Å². The molecule has 184 valence electrons. The summed E-state index contributed by atoms with van der Waals surface area (Å²) in [6.45, 7) is 9.60. The molecule has 0 atom stereocenters. The molecule has 0 amide bonds. The molecule has 1 N–H and O–H groups in total. The van der Waals surface area contributed by atoms with Crippen molar-refractivity contribution in [1.82, 2.24) is 5.32 Å². The fourth-order valence-electron chi connectivity index (χ4n) is 3.10. The summed E-state index contributed by atoms with van der Waals surface area (Å²) >= 11 is 0. The van der Waals surface area contributed by atoms with Crippen LogP contribution >= 0.6 is 0 Å². The van der Waals surface area contributed by atoms with E-state index in [1.807, 2.05) is 30.3 Å². The van der Waals surface area contributed by atoms with Crippen molar-refractivity contribution < 1.29 is 33.2 Å². The third kappa shape index (κ3) is 15.7. The first-order chi connectivity index (χ1) is 15.9. The molecule has 8 heteroatoms. The van der Waals surface area contributed by atoms with Crippen LogP contribution in [0, 0.1) is 0 Å². The molecular weight excluding hydrogens is 414 g/mol. The lowest BCUT2D eigenvalue weighted by Crippen LogP contribution is -2.33. The highest BCUT2D eigenvalue weighted by molar-refractivity contribution is 5.13. The molecule has 0 aromatic heterocycles. The Labute approximate surface area is 192 Å². The molecule has 1 aliphatic heterocycles. The van der Waals surface area contributed by atoms with Crippen LogP contribution in [0.2, 0.25) is 0 Å². The average molecular weight is 456 g/mol. The first kappa shape index (κ1) is 27.1. The summed E-state index contributed by atoms with van der Waals surface area (Å²) < 4.78 is 38.7. The van der Waals surface area contributed by atoms with Gasteiger partial charge < -0.3 is 38.5 Å². The topological polar surface area (TPSA) is 76.6 Å². The quantitative estimate of drug-likeness (QED) is 0.282. The van der Waals surface area contributed by atoms with Crippen LogP contribution in [0.4, 0.5) is 0 Å². The normalized spacial score (nSPS) is 14.8. The zero-order chi connectivity index (χ0) is 22.4. The molecule has 1 aliphatic rings. The highest BCUT2D eigenvalue weighted by Gasteiger charge is 2.12. The minimum Gasteiger partial charge on any atom is -0.377 e. The molecule has 0 radical (unpaired) electrons. The Morgan fingerprint density at radius 2 is 1.00 bits per heavy atom. The van der Waals surface area contributed by atoms with Gasteiger partial charge in [-0.1, -0.05) is 30.3 Å². The van der Waals surface area contributed by atoms with Crippen LogP contribution in [0.25, 0.3) is 0 Å². The van der Waals surface area contributed by atoms with Gasteiger partial charge in [-0.15, -0.1) is 0 Å². The first-order valence-corrected chi connectivity index (χ1v) is 11.8. The molecule has 0 unspecified atom stereocenters. The highest BCUT2D eigenvalue weighted by atomic mass is 16.6. The molecule has 0 spiro atoms. The SMILES string of the molecule is c1ccc(COCCOCCOCCOCCOCCOCCOC2CCNCC2)cc1. The van der Waals surface area contributed by atoms with E-state index >= 15 is 0 Å². The number of ether oxygens (including phenoxy) is 7. The maximum absolute atomic E-state index is 5.78. The predicted octanol–water partition coefficient (Wildman–Crippen LogP) is 2.05. The molecule has 1 aromatic rings. The summed E-state index contributed by atoms with van der Waals surface area (Å²) in [5.74, 6) is 0. The fraction of sp³-hybridized carbons (Fsp3) is 0.750. The lowest BCUT2D eigenvalue weighted by molar-refractivity contribution is -0.0308. The van der Waals surface area contributed by atoms with E-state index in [4.69, 9.17) is 33.2 Å². The van der Waals surface area contributed by atoms with E-state index in [0.29, 0.717) is 92.0 Å². The molecule has 1 aromatic carbocycles. The minimum atomic E-state index is 0.384. The molecule has 1 fully saturated rings. The summed E-state index contributed by atoms with van der Waals surface area (Å²) in [5.41, 5.74) is 1.17. The van der Waals surface area contributed by atoms with E-state index in [0.717, 1.165) is 25.9 Å². The molecule has 8 nitrogen and oxygen atoms in total. The van der Waals surface area contributed by atoms with Crippen molar-refractivity contribution in [2.24, 2.45) is 0 Å². The fourth-order valence-corrected chi connectivity index (χ4v) is 3.10. The van der Waals surface area contributed by atoms with Crippen molar-refractivity contribution in [3.8, 4) is 0 Å². The van der Waals surface area contributed by atoms with Gasteiger partial charge in [0.2, 0.25) is 0 Å². The van der Waals surface area contributed by atoms with Crippen molar-refractivity contribution in [2.45, 2.75) is 25.6 Å². The second-order valence-corrected chi connectivity index (χ2v) is 7.42. The smallest absolute Gasteiger partial charge is 0.0718 e. The van der Waals surface area contributed by atoms with Crippen molar-refractivity contribution in [3.63, 3.8) is 0 Å². The minimum absolute atomic E-state index is 0.384. The first-order valence-electron chi connectivity index (χ1n) is 11.8. The van der Waals surface area contributed by atoms with Gasteiger partial charge >= 0.3 is 0 Å². The number of nitrogens with one attached hydrogen (secondary N) is 1. The Balaban J connectivity index is 1.19. The second kappa shape index (κ2) is 20.5.